The lowest BCUT2D eigenvalue weighted by atomic mass is 10.2. The highest BCUT2D eigenvalue weighted by atomic mass is 35.5. The molecule has 0 bridgehead atoms. The van der Waals surface area contributed by atoms with Gasteiger partial charge in [-0.25, -0.2) is 14.4 Å². The van der Waals surface area contributed by atoms with Crippen LogP contribution in [0.5, 0.6) is 0 Å². The van der Waals surface area contributed by atoms with Crippen molar-refractivity contribution >= 4 is 17.5 Å². The minimum atomic E-state index is -0.391. The smallest absolute Gasteiger partial charge is 0.275 e. The van der Waals surface area contributed by atoms with E-state index in [9.17, 15) is 9.18 Å². The van der Waals surface area contributed by atoms with Crippen LogP contribution >= 0.6 is 11.6 Å². The molecule has 112 valence electrons. The summed E-state index contributed by atoms with van der Waals surface area (Å²) in [5.41, 5.74) is 0.860. The lowest BCUT2D eigenvalue weighted by molar-refractivity contribution is 0.0759. The number of hydrogen-bond acceptors (Lipinski definition) is 3. The molecule has 0 unspecified atom stereocenters. The summed E-state index contributed by atoms with van der Waals surface area (Å²) in [6.45, 7) is 2.00. The minimum absolute atomic E-state index is 0.0928. The molecule has 0 N–H and O–H groups in total. The maximum absolute atomic E-state index is 12.9. The number of aromatic nitrogens is 2. The first-order valence-electron chi connectivity index (χ1n) is 6.47. The van der Waals surface area contributed by atoms with E-state index < -0.39 is 5.91 Å². The predicted octanol–water partition coefficient (Wildman–Crippen LogP) is 2.85. The highest BCUT2D eigenvalue weighted by molar-refractivity contribution is 6.33. The van der Waals surface area contributed by atoms with Crippen LogP contribution in [-0.4, -0.2) is 27.3 Å². The highest BCUT2D eigenvalue weighted by Gasteiger charge is 2.20. The first-order valence-corrected chi connectivity index (χ1v) is 6.85. The fourth-order valence-corrected chi connectivity index (χ4v) is 2.05. The standard InChI is InChI=1S/C16H13ClFN3O/c1-3-8-21(10-12-4-6-13(18)7-5-12)16(22)15-14(17)9-19-11(2)20-15/h1,4-7,9H,8,10H2,2H3. The lowest BCUT2D eigenvalue weighted by Crippen LogP contribution is -2.32. The van der Waals surface area contributed by atoms with Gasteiger partial charge in [-0.3, -0.25) is 4.79 Å². The van der Waals surface area contributed by atoms with Gasteiger partial charge in [-0.2, -0.15) is 0 Å². The summed E-state index contributed by atoms with van der Waals surface area (Å²) >= 11 is 5.99. The number of nitrogens with zero attached hydrogens (tertiary/aromatic N) is 3. The van der Waals surface area contributed by atoms with Crippen molar-refractivity contribution in [3.05, 3.63) is 58.4 Å². The third-order valence-electron chi connectivity index (χ3n) is 2.92. The van der Waals surface area contributed by atoms with Crippen molar-refractivity contribution in [1.82, 2.24) is 14.9 Å². The monoisotopic (exact) mass is 317 g/mol. The Morgan fingerprint density at radius 2 is 2.09 bits per heavy atom. The number of halogens is 2. The van der Waals surface area contributed by atoms with Crippen molar-refractivity contribution in [2.45, 2.75) is 13.5 Å². The van der Waals surface area contributed by atoms with Crippen LogP contribution in [0.4, 0.5) is 4.39 Å². The maximum Gasteiger partial charge on any atom is 0.275 e. The number of terminal acetylenes is 1. The molecule has 6 heteroatoms. The molecule has 0 spiro atoms. The van der Waals surface area contributed by atoms with Gasteiger partial charge in [0.15, 0.2) is 5.69 Å². The quantitative estimate of drug-likeness (QED) is 0.815. The molecular formula is C16H13ClFN3O. The number of rotatable bonds is 4. The van der Waals surface area contributed by atoms with E-state index in [0.29, 0.717) is 5.82 Å². The first-order chi connectivity index (χ1) is 10.5. The molecule has 0 aliphatic heterocycles. The first kappa shape index (κ1) is 15.9. The maximum atomic E-state index is 12.9. The van der Waals surface area contributed by atoms with Gasteiger partial charge in [0.2, 0.25) is 0 Å². The molecule has 2 aromatic rings. The van der Waals surface area contributed by atoms with Crippen LogP contribution in [0.3, 0.4) is 0 Å². The number of carbonyl (C=O) groups excluding carboxylic acids is 1. The summed E-state index contributed by atoms with van der Waals surface area (Å²) in [5, 5.41) is 0.164. The molecular weight excluding hydrogens is 305 g/mol. The second-order valence-corrected chi connectivity index (χ2v) is 5.01. The Labute approximate surface area is 133 Å². The molecule has 0 aliphatic carbocycles. The van der Waals surface area contributed by atoms with Gasteiger partial charge in [0, 0.05) is 6.54 Å². The molecule has 0 atom stereocenters. The van der Waals surface area contributed by atoms with E-state index in [1.165, 1.54) is 23.2 Å². The SMILES string of the molecule is C#CCN(Cc1ccc(F)cc1)C(=O)c1nc(C)ncc1Cl. The third kappa shape index (κ3) is 3.80. The molecule has 0 radical (unpaired) electrons. The number of hydrogen-bond donors (Lipinski definition) is 0. The van der Waals surface area contributed by atoms with Gasteiger partial charge in [-0.1, -0.05) is 29.7 Å². The van der Waals surface area contributed by atoms with E-state index in [1.54, 1.807) is 19.1 Å². The fourth-order valence-electron chi connectivity index (χ4n) is 1.87. The Kier molecular flexibility index (Phi) is 5.08. The number of benzene rings is 1. The zero-order valence-electron chi connectivity index (χ0n) is 11.9. The fraction of sp³-hybridized carbons (Fsp3) is 0.188. The molecule has 0 saturated carbocycles. The normalized spacial score (nSPS) is 10.1. The topological polar surface area (TPSA) is 46.1 Å². The Morgan fingerprint density at radius 3 is 2.73 bits per heavy atom. The summed E-state index contributed by atoms with van der Waals surface area (Å²) < 4.78 is 12.9. The second-order valence-electron chi connectivity index (χ2n) is 4.61. The summed E-state index contributed by atoms with van der Waals surface area (Å²) in [4.78, 5) is 22.0. The summed E-state index contributed by atoms with van der Waals surface area (Å²) in [6, 6.07) is 5.85. The highest BCUT2D eigenvalue weighted by Crippen LogP contribution is 2.16. The van der Waals surface area contributed by atoms with Crippen molar-refractivity contribution in [1.29, 1.82) is 0 Å². The van der Waals surface area contributed by atoms with Crippen molar-refractivity contribution < 1.29 is 9.18 Å². The molecule has 1 aromatic heterocycles. The molecule has 4 nitrogen and oxygen atoms in total. The van der Waals surface area contributed by atoms with Crippen LogP contribution in [0, 0.1) is 25.1 Å². The number of aryl methyl sites for hydroxylation is 1. The van der Waals surface area contributed by atoms with Crippen LogP contribution in [0.1, 0.15) is 21.9 Å². The molecule has 0 fully saturated rings. The van der Waals surface area contributed by atoms with E-state index in [4.69, 9.17) is 18.0 Å². The summed E-state index contributed by atoms with van der Waals surface area (Å²) in [7, 11) is 0. The van der Waals surface area contributed by atoms with Crippen LogP contribution in [0.25, 0.3) is 0 Å². The minimum Gasteiger partial charge on any atom is -0.322 e. The summed E-state index contributed by atoms with van der Waals surface area (Å²) in [5.74, 6) is 2.14. The average Bonchev–Trinajstić information content (AvgIpc) is 2.50. The molecule has 2 rings (SSSR count). The van der Waals surface area contributed by atoms with Crippen molar-refractivity contribution in [2.24, 2.45) is 0 Å². The van der Waals surface area contributed by atoms with Gasteiger partial charge >= 0.3 is 0 Å². The summed E-state index contributed by atoms with van der Waals surface area (Å²) in [6.07, 6.45) is 6.70. The molecule has 1 aromatic carbocycles. The molecule has 0 saturated heterocycles. The number of amides is 1. The van der Waals surface area contributed by atoms with Crippen LogP contribution in [0.2, 0.25) is 5.02 Å². The van der Waals surface area contributed by atoms with Crippen molar-refractivity contribution in [3.8, 4) is 12.3 Å². The Morgan fingerprint density at radius 1 is 1.41 bits per heavy atom. The zero-order chi connectivity index (χ0) is 16.1. The van der Waals surface area contributed by atoms with E-state index in [0.717, 1.165) is 5.56 Å². The average molecular weight is 318 g/mol. The lowest BCUT2D eigenvalue weighted by Gasteiger charge is -2.20. The van der Waals surface area contributed by atoms with E-state index in [2.05, 4.69) is 15.9 Å². The molecule has 22 heavy (non-hydrogen) atoms. The Balaban J connectivity index is 2.27. The van der Waals surface area contributed by atoms with Gasteiger partial charge in [-0.15, -0.1) is 6.42 Å². The van der Waals surface area contributed by atoms with Crippen LogP contribution < -0.4 is 0 Å². The van der Waals surface area contributed by atoms with Gasteiger partial charge in [0.05, 0.1) is 17.8 Å². The molecule has 1 heterocycles. The zero-order valence-corrected chi connectivity index (χ0v) is 12.6. The van der Waals surface area contributed by atoms with E-state index in [1.807, 2.05) is 0 Å². The Hall–Kier alpha value is -2.45. The third-order valence-corrected chi connectivity index (χ3v) is 3.20. The van der Waals surface area contributed by atoms with Crippen molar-refractivity contribution in [3.63, 3.8) is 0 Å². The van der Waals surface area contributed by atoms with Gasteiger partial charge in [0.25, 0.3) is 5.91 Å². The Bertz CT molecular complexity index is 725. The van der Waals surface area contributed by atoms with E-state index >= 15 is 0 Å². The van der Waals surface area contributed by atoms with Gasteiger partial charge < -0.3 is 4.90 Å². The van der Waals surface area contributed by atoms with Gasteiger partial charge in [0.1, 0.15) is 11.6 Å². The number of carbonyl (C=O) groups is 1. The van der Waals surface area contributed by atoms with Gasteiger partial charge in [-0.05, 0) is 24.6 Å². The largest absolute Gasteiger partial charge is 0.322 e. The predicted molar refractivity (Wildman–Crippen MR) is 81.8 cm³/mol. The van der Waals surface area contributed by atoms with Crippen molar-refractivity contribution in [2.75, 3.05) is 6.54 Å². The van der Waals surface area contributed by atoms with Crippen LogP contribution in [0.15, 0.2) is 30.5 Å². The van der Waals surface area contributed by atoms with E-state index in [-0.39, 0.29) is 29.6 Å². The van der Waals surface area contributed by atoms with Crippen LogP contribution in [-0.2, 0) is 6.54 Å². The second kappa shape index (κ2) is 7.01. The molecule has 1 amide bonds. The molecule has 0 aliphatic rings.